The molecule has 1 aliphatic rings. The van der Waals surface area contributed by atoms with E-state index in [-0.39, 0.29) is 11.7 Å². The number of aryl methyl sites for hydroxylation is 2. The third-order valence-electron chi connectivity index (χ3n) is 5.51. The first kappa shape index (κ1) is 19.6. The Balaban J connectivity index is 1.58. The van der Waals surface area contributed by atoms with Gasteiger partial charge in [0, 0.05) is 24.1 Å². The van der Waals surface area contributed by atoms with Crippen LogP contribution in [0.25, 0.3) is 0 Å². The monoisotopic (exact) mass is 394 g/mol. The van der Waals surface area contributed by atoms with E-state index in [1.807, 2.05) is 60.7 Å². The van der Waals surface area contributed by atoms with Gasteiger partial charge in [0.05, 0.1) is 17.3 Å². The zero-order valence-electron chi connectivity index (χ0n) is 16.7. The first-order valence-electron chi connectivity index (χ1n) is 10.2. The topological polar surface area (TPSA) is 61.2 Å². The van der Waals surface area contributed by atoms with Gasteiger partial charge in [0.1, 0.15) is 0 Å². The Morgan fingerprint density at radius 3 is 2.43 bits per heavy atom. The average Bonchev–Trinajstić information content (AvgIpc) is 2.82. The Morgan fingerprint density at radius 1 is 0.933 bits per heavy atom. The number of para-hydroxylation sites is 1. The van der Waals surface area contributed by atoms with Crippen molar-refractivity contribution < 1.29 is 9.59 Å². The molecule has 0 radical (unpaired) electrons. The molecular weight excluding hydrogens is 372 g/mol. The highest BCUT2D eigenvalue weighted by Gasteiger charge is 2.27. The first-order valence-corrected chi connectivity index (χ1v) is 10.2. The highest BCUT2D eigenvalue weighted by molar-refractivity contribution is 6.14. The van der Waals surface area contributed by atoms with Crippen molar-refractivity contribution in [1.29, 1.82) is 5.26 Å². The van der Waals surface area contributed by atoms with Crippen LogP contribution in [0.5, 0.6) is 0 Å². The zero-order chi connectivity index (χ0) is 20.9. The van der Waals surface area contributed by atoms with Crippen LogP contribution in [0.2, 0.25) is 0 Å². The Hall–Kier alpha value is -3.71. The number of rotatable bonds is 5. The quantitative estimate of drug-likeness (QED) is 0.589. The standard InChI is InChI=1S/C26H22N2O2/c27-18-20-13-11-19(12-14-20)15-16-24(29)28-17-5-9-21-8-4-10-23(25(21)28)26(30)22-6-2-1-3-7-22/h1-4,6-8,10-14H,5,9,15-17H2. The lowest BCUT2D eigenvalue weighted by atomic mass is 9.93. The summed E-state index contributed by atoms with van der Waals surface area (Å²) in [6.07, 6.45) is 2.72. The third kappa shape index (κ3) is 4.01. The van der Waals surface area contributed by atoms with E-state index in [4.69, 9.17) is 5.26 Å². The Morgan fingerprint density at radius 2 is 1.70 bits per heavy atom. The van der Waals surface area contributed by atoms with E-state index >= 15 is 0 Å². The van der Waals surface area contributed by atoms with Crippen molar-refractivity contribution in [2.24, 2.45) is 0 Å². The predicted molar refractivity (Wildman–Crippen MR) is 116 cm³/mol. The number of benzene rings is 3. The molecule has 4 heteroatoms. The molecular formula is C26H22N2O2. The normalized spacial score (nSPS) is 12.7. The molecule has 0 N–H and O–H groups in total. The summed E-state index contributed by atoms with van der Waals surface area (Å²) in [5.74, 6) is -0.0344. The second-order valence-corrected chi connectivity index (χ2v) is 7.47. The van der Waals surface area contributed by atoms with Gasteiger partial charge in [-0.1, -0.05) is 54.6 Å². The molecule has 3 aromatic rings. The van der Waals surface area contributed by atoms with Gasteiger partial charge in [-0.2, -0.15) is 5.26 Å². The summed E-state index contributed by atoms with van der Waals surface area (Å²) < 4.78 is 0. The van der Waals surface area contributed by atoms with Crippen LogP contribution in [0.15, 0.2) is 72.8 Å². The van der Waals surface area contributed by atoms with Crippen molar-refractivity contribution >= 4 is 17.4 Å². The number of anilines is 1. The molecule has 1 aliphatic heterocycles. The molecule has 0 fully saturated rings. The predicted octanol–water partition coefficient (Wildman–Crippen LogP) is 4.70. The fraction of sp³-hybridized carbons (Fsp3) is 0.192. The van der Waals surface area contributed by atoms with Crippen LogP contribution >= 0.6 is 0 Å². The molecule has 3 aromatic carbocycles. The summed E-state index contributed by atoms with van der Waals surface area (Å²) in [5, 5.41) is 8.92. The van der Waals surface area contributed by atoms with Crippen LogP contribution in [0.1, 0.15) is 45.5 Å². The average molecular weight is 394 g/mol. The van der Waals surface area contributed by atoms with E-state index in [2.05, 4.69) is 6.07 Å². The molecule has 0 saturated heterocycles. The van der Waals surface area contributed by atoms with Crippen molar-refractivity contribution in [1.82, 2.24) is 0 Å². The fourth-order valence-corrected chi connectivity index (χ4v) is 3.96. The minimum atomic E-state index is -0.0563. The number of hydrogen-bond acceptors (Lipinski definition) is 3. The largest absolute Gasteiger partial charge is 0.311 e. The number of nitrogens with zero attached hydrogens (tertiary/aromatic N) is 2. The molecule has 1 heterocycles. The number of carbonyl (C=O) groups is 2. The summed E-state index contributed by atoms with van der Waals surface area (Å²) in [4.78, 5) is 28.1. The number of ketones is 1. The molecule has 0 saturated carbocycles. The van der Waals surface area contributed by atoms with Crippen molar-refractivity contribution in [3.8, 4) is 6.07 Å². The maximum Gasteiger partial charge on any atom is 0.227 e. The maximum absolute atomic E-state index is 13.2. The van der Waals surface area contributed by atoms with Gasteiger partial charge in [0.25, 0.3) is 0 Å². The molecule has 0 spiro atoms. The summed E-state index contributed by atoms with van der Waals surface area (Å²) in [7, 11) is 0. The molecule has 148 valence electrons. The number of hydrogen-bond donors (Lipinski definition) is 0. The van der Waals surface area contributed by atoms with Gasteiger partial charge in [0.15, 0.2) is 5.78 Å². The fourth-order valence-electron chi connectivity index (χ4n) is 3.96. The van der Waals surface area contributed by atoms with Gasteiger partial charge in [-0.05, 0) is 48.6 Å². The van der Waals surface area contributed by atoms with Gasteiger partial charge < -0.3 is 4.90 Å². The number of fused-ring (bicyclic) bond motifs is 1. The Labute approximate surface area is 176 Å². The molecule has 4 rings (SSSR count). The van der Waals surface area contributed by atoms with E-state index in [1.165, 1.54) is 0 Å². The van der Waals surface area contributed by atoms with Gasteiger partial charge >= 0.3 is 0 Å². The van der Waals surface area contributed by atoms with Gasteiger partial charge in [-0.15, -0.1) is 0 Å². The lowest BCUT2D eigenvalue weighted by molar-refractivity contribution is -0.118. The number of carbonyl (C=O) groups excluding carboxylic acids is 2. The number of nitriles is 1. The van der Waals surface area contributed by atoms with Crippen LogP contribution < -0.4 is 4.90 Å². The smallest absolute Gasteiger partial charge is 0.227 e. The molecule has 4 nitrogen and oxygen atoms in total. The summed E-state index contributed by atoms with van der Waals surface area (Å²) in [5.41, 5.74) is 4.66. The van der Waals surface area contributed by atoms with Crippen LogP contribution in [0, 0.1) is 11.3 Å². The van der Waals surface area contributed by atoms with E-state index in [9.17, 15) is 9.59 Å². The highest BCUT2D eigenvalue weighted by atomic mass is 16.2. The van der Waals surface area contributed by atoms with Crippen LogP contribution in [-0.4, -0.2) is 18.2 Å². The molecule has 1 amide bonds. The van der Waals surface area contributed by atoms with Gasteiger partial charge in [0.2, 0.25) is 5.91 Å². The molecule has 0 atom stereocenters. The third-order valence-corrected chi connectivity index (χ3v) is 5.51. The van der Waals surface area contributed by atoms with Crippen molar-refractivity contribution in [3.63, 3.8) is 0 Å². The van der Waals surface area contributed by atoms with E-state index in [0.717, 1.165) is 29.7 Å². The molecule has 0 unspecified atom stereocenters. The van der Waals surface area contributed by atoms with Gasteiger partial charge in [-0.25, -0.2) is 0 Å². The van der Waals surface area contributed by atoms with Crippen molar-refractivity contribution in [2.45, 2.75) is 25.7 Å². The van der Waals surface area contributed by atoms with Crippen molar-refractivity contribution in [2.75, 3.05) is 11.4 Å². The number of amides is 1. The highest BCUT2D eigenvalue weighted by Crippen LogP contribution is 2.33. The van der Waals surface area contributed by atoms with Crippen molar-refractivity contribution in [3.05, 3.63) is 101 Å². The first-order chi connectivity index (χ1) is 14.7. The lowest BCUT2D eigenvalue weighted by Crippen LogP contribution is -2.37. The molecule has 0 aromatic heterocycles. The Bertz CT molecular complexity index is 1110. The van der Waals surface area contributed by atoms with Crippen LogP contribution in [0.4, 0.5) is 5.69 Å². The summed E-state index contributed by atoms with van der Waals surface area (Å²) in [6.45, 7) is 0.623. The summed E-state index contributed by atoms with van der Waals surface area (Å²) >= 11 is 0. The maximum atomic E-state index is 13.2. The SMILES string of the molecule is N#Cc1ccc(CCC(=O)N2CCCc3cccc(C(=O)c4ccccc4)c32)cc1. The van der Waals surface area contributed by atoms with Crippen LogP contribution in [-0.2, 0) is 17.6 Å². The van der Waals surface area contributed by atoms with Gasteiger partial charge in [-0.3, -0.25) is 9.59 Å². The van der Waals surface area contributed by atoms with Crippen LogP contribution in [0.3, 0.4) is 0 Å². The second-order valence-electron chi connectivity index (χ2n) is 7.47. The molecule has 0 bridgehead atoms. The van der Waals surface area contributed by atoms with E-state index in [1.54, 1.807) is 17.0 Å². The molecule has 30 heavy (non-hydrogen) atoms. The minimum absolute atomic E-state index is 0.0219. The Kier molecular flexibility index (Phi) is 5.72. The van der Waals surface area contributed by atoms with E-state index < -0.39 is 0 Å². The zero-order valence-corrected chi connectivity index (χ0v) is 16.7. The molecule has 0 aliphatic carbocycles. The summed E-state index contributed by atoms with van der Waals surface area (Å²) in [6, 6.07) is 24.4. The minimum Gasteiger partial charge on any atom is -0.311 e. The lowest BCUT2D eigenvalue weighted by Gasteiger charge is -2.31. The second kappa shape index (κ2) is 8.75. The van der Waals surface area contributed by atoms with E-state index in [0.29, 0.717) is 36.1 Å².